The zero-order chi connectivity index (χ0) is 8.51. The minimum Gasteiger partial charge on any atom is -1.00 e. The van der Waals surface area contributed by atoms with Crippen molar-refractivity contribution in [1.82, 2.24) is 0 Å². The van der Waals surface area contributed by atoms with E-state index in [9.17, 15) is 5.11 Å². The van der Waals surface area contributed by atoms with E-state index >= 15 is 0 Å². The second-order valence-corrected chi connectivity index (χ2v) is 4.95. The van der Waals surface area contributed by atoms with Gasteiger partial charge in [0.05, 0.1) is 20.2 Å². The van der Waals surface area contributed by atoms with Crippen LogP contribution in [-0.4, -0.2) is 54.1 Å². The normalized spacial score (nSPS) is 55.2. The van der Waals surface area contributed by atoms with Gasteiger partial charge in [0, 0.05) is 12.8 Å². The molecule has 4 rings (SSSR count). The lowest BCUT2D eigenvalue weighted by Crippen LogP contribution is -3.00. The Morgan fingerprint density at radius 2 is 1.85 bits per heavy atom. The standard InChI is InChI=1S/C9H16NO2.BrH/c1-10(2)6-3-5-4-7(10)9(12-5)8(6)11;/h5-9,11H,3-4H2,1-2H3;1H/q+1;/p-1/t5-,6-,7+,8-,9-;/m0./s1. The van der Waals surface area contributed by atoms with Crippen LogP contribution in [-0.2, 0) is 4.74 Å². The van der Waals surface area contributed by atoms with E-state index in [1.165, 1.54) is 0 Å². The number of piperidine rings is 1. The van der Waals surface area contributed by atoms with Crippen LogP contribution >= 0.6 is 0 Å². The molecule has 5 atom stereocenters. The van der Waals surface area contributed by atoms with E-state index in [1.54, 1.807) is 0 Å². The first-order valence-corrected chi connectivity index (χ1v) is 4.77. The van der Waals surface area contributed by atoms with Gasteiger partial charge in [-0.15, -0.1) is 0 Å². The van der Waals surface area contributed by atoms with Crippen LogP contribution in [0.5, 0.6) is 0 Å². The average Bonchev–Trinajstić information content (AvgIpc) is 2.39. The van der Waals surface area contributed by atoms with Crippen LogP contribution in [0.15, 0.2) is 0 Å². The Balaban J connectivity index is 0.000000653. The van der Waals surface area contributed by atoms with Crippen molar-refractivity contribution in [3.8, 4) is 0 Å². The SMILES string of the molecule is C[N+]1(C)[C@@H]2C[C@@H]3C[C@H]1[C@H](O)[C@H]2O3.[Br-]. The van der Waals surface area contributed by atoms with E-state index in [-0.39, 0.29) is 29.2 Å². The molecule has 3 nitrogen and oxygen atoms in total. The van der Waals surface area contributed by atoms with Crippen LogP contribution in [0.2, 0.25) is 0 Å². The smallest absolute Gasteiger partial charge is 0.141 e. The van der Waals surface area contributed by atoms with E-state index in [0.29, 0.717) is 18.2 Å². The zero-order valence-electron chi connectivity index (χ0n) is 7.98. The van der Waals surface area contributed by atoms with Crippen LogP contribution in [0.3, 0.4) is 0 Å². The highest BCUT2D eigenvalue weighted by Gasteiger charge is 2.66. The lowest BCUT2D eigenvalue weighted by molar-refractivity contribution is -0.930. The van der Waals surface area contributed by atoms with Gasteiger partial charge < -0.3 is 31.3 Å². The first-order chi connectivity index (χ1) is 5.60. The molecule has 4 aliphatic rings. The molecule has 4 bridgehead atoms. The average molecular weight is 250 g/mol. The van der Waals surface area contributed by atoms with Crippen molar-refractivity contribution in [3.63, 3.8) is 0 Å². The number of aliphatic hydroxyl groups is 1. The molecule has 0 spiro atoms. The van der Waals surface area contributed by atoms with Crippen LogP contribution in [0.25, 0.3) is 0 Å². The van der Waals surface area contributed by atoms with Crippen LogP contribution in [0, 0.1) is 0 Å². The fourth-order valence-corrected chi connectivity index (χ4v) is 3.42. The summed E-state index contributed by atoms with van der Waals surface area (Å²) in [6.45, 7) is 0. The Hall–Kier alpha value is 0.360. The van der Waals surface area contributed by atoms with E-state index in [4.69, 9.17) is 4.74 Å². The van der Waals surface area contributed by atoms with Gasteiger partial charge in [0.2, 0.25) is 0 Å². The number of nitrogens with zero attached hydrogens (tertiary/aromatic N) is 1. The summed E-state index contributed by atoms with van der Waals surface area (Å²) in [4.78, 5) is 0. The Bertz CT molecular complexity index is 230. The molecule has 4 aliphatic heterocycles. The third-order valence-electron chi connectivity index (χ3n) is 4.18. The van der Waals surface area contributed by atoms with Gasteiger partial charge in [-0.3, -0.25) is 0 Å². The van der Waals surface area contributed by atoms with Crippen molar-refractivity contribution in [2.24, 2.45) is 0 Å². The molecule has 4 saturated heterocycles. The summed E-state index contributed by atoms with van der Waals surface area (Å²) < 4.78 is 6.71. The number of hydrogen-bond donors (Lipinski definition) is 1. The van der Waals surface area contributed by atoms with Crippen molar-refractivity contribution >= 4 is 0 Å². The summed E-state index contributed by atoms with van der Waals surface area (Å²) in [5, 5.41) is 9.90. The molecule has 0 aromatic heterocycles. The Labute approximate surface area is 89.0 Å². The second kappa shape index (κ2) is 2.69. The van der Waals surface area contributed by atoms with Crippen molar-refractivity contribution in [2.45, 2.75) is 43.2 Å². The third-order valence-corrected chi connectivity index (χ3v) is 4.18. The molecule has 0 aromatic carbocycles. The van der Waals surface area contributed by atoms with Gasteiger partial charge >= 0.3 is 0 Å². The molecular weight excluding hydrogens is 234 g/mol. The number of hydrogen-bond acceptors (Lipinski definition) is 2. The fourth-order valence-electron chi connectivity index (χ4n) is 3.42. The first-order valence-electron chi connectivity index (χ1n) is 4.77. The summed E-state index contributed by atoms with van der Waals surface area (Å²) >= 11 is 0. The predicted octanol–water partition coefficient (Wildman–Crippen LogP) is -3.26. The van der Waals surface area contributed by atoms with Gasteiger partial charge in [-0.2, -0.15) is 0 Å². The molecule has 4 fully saturated rings. The molecule has 76 valence electrons. The number of quaternary nitrogens is 1. The quantitative estimate of drug-likeness (QED) is 0.457. The summed E-state index contributed by atoms with van der Waals surface area (Å²) in [6.07, 6.45) is 2.61. The van der Waals surface area contributed by atoms with Gasteiger partial charge in [0.25, 0.3) is 0 Å². The summed E-state index contributed by atoms with van der Waals surface area (Å²) in [5.41, 5.74) is 0. The molecule has 4 heteroatoms. The van der Waals surface area contributed by atoms with E-state index in [0.717, 1.165) is 17.3 Å². The highest BCUT2D eigenvalue weighted by Crippen LogP contribution is 2.48. The lowest BCUT2D eigenvalue weighted by Gasteiger charge is -2.41. The number of aliphatic hydroxyl groups excluding tert-OH is 1. The maximum absolute atomic E-state index is 9.90. The molecule has 0 radical (unpaired) electrons. The maximum Gasteiger partial charge on any atom is 0.141 e. The molecule has 13 heavy (non-hydrogen) atoms. The molecule has 0 aliphatic carbocycles. The second-order valence-electron chi connectivity index (χ2n) is 4.95. The minimum atomic E-state index is -0.205. The van der Waals surface area contributed by atoms with Crippen molar-refractivity contribution < 1.29 is 31.3 Å². The Morgan fingerprint density at radius 1 is 1.23 bits per heavy atom. The molecule has 0 aromatic rings. The minimum absolute atomic E-state index is 0. The summed E-state index contributed by atoms with van der Waals surface area (Å²) in [6, 6.07) is 0.997. The number of likely N-dealkylation sites (N-methyl/N-ethyl adjacent to an activating group) is 1. The highest BCUT2D eigenvalue weighted by atomic mass is 79.9. The maximum atomic E-state index is 9.90. The number of ether oxygens (including phenoxy) is 1. The summed E-state index contributed by atoms with van der Waals surface area (Å²) in [7, 11) is 4.45. The Morgan fingerprint density at radius 3 is 2.38 bits per heavy atom. The van der Waals surface area contributed by atoms with Gasteiger partial charge in [0.1, 0.15) is 24.3 Å². The molecule has 4 heterocycles. The van der Waals surface area contributed by atoms with Crippen molar-refractivity contribution in [3.05, 3.63) is 0 Å². The van der Waals surface area contributed by atoms with Crippen molar-refractivity contribution in [2.75, 3.05) is 14.1 Å². The van der Waals surface area contributed by atoms with Crippen LogP contribution in [0.4, 0.5) is 0 Å². The van der Waals surface area contributed by atoms with Gasteiger partial charge in [0.15, 0.2) is 0 Å². The molecule has 1 N–H and O–H groups in total. The monoisotopic (exact) mass is 249 g/mol. The van der Waals surface area contributed by atoms with E-state index in [1.807, 2.05) is 0 Å². The first kappa shape index (κ1) is 9.90. The van der Waals surface area contributed by atoms with Crippen LogP contribution in [0.1, 0.15) is 12.8 Å². The third kappa shape index (κ3) is 1.00. The fraction of sp³-hybridized carbons (Fsp3) is 1.00. The van der Waals surface area contributed by atoms with Crippen LogP contribution < -0.4 is 17.0 Å². The number of rotatable bonds is 0. The largest absolute Gasteiger partial charge is 1.00 e. The van der Waals surface area contributed by atoms with Gasteiger partial charge in [-0.05, 0) is 0 Å². The zero-order valence-corrected chi connectivity index (χ0v) is 9.57. The van der Waals surface area contributed by atoms with Gasteiger partial charge in [-0.25, -0.2) is 0 Å². The van der Waals surface area contributed by atoms with Crippen molar-refractivity contribution in [1.29, 1.82) is 0 Å². The topological polar surface area (TPSA) is 29.5 Å². The Kier molecular flexibility index (Phi) is 2.05. The lowest BCUT2D eigenvalue weighted by atomic mass is 9.98. The number of halogens is 1. The summed E-state index contributed by atoms with van der Waals surface area (Å²) in [5.74, 6) is 0. The predicted molar refractivity (Wildman–Crippen MR) is 43.6 cm³/mol. The molecule has 0 saturated carbocycles. The highest BCUT2D eigenvalue weighted by molar-refractivity contribution is 5.04. The van der Waals surface area contributed by atoms with Gasteiger partial charge in [-0.1, -0.05) is 0 Å². The molecular formula is C9H16BrNO2. The van der Waals surface area contributed by atoms with E-state index < -0.39 is 0 Å². The molecule has 0 unspecified atom stereocenters. The van der Waals surface area contributed by atoms with E-state index in [2.05, 4.69) is 14.1 Å². The molecule has 0 amide bonds.